The molecule has 0 spiro atoms. The van der Waals surface area contributed by atoms with Crippen LogP contribution in [0.15, 0.2) is 17.8 Å². The van der Waals surface area contributed by atoms with Gasteiger partial charge in [-0.1, -0.05) is 0 Å². The first-order chi connectivity index (χ1) is 8.27. The topological polar surface area (TPSA) is 72.1 Å². The maximum absolute atomic E-state index is 11.4. The second kappa shape index (κ2) is 3.96. The Kier molecular flexibility index (Phi) is 2.44. The molecule has 0 bridgehead atoms. The van der Waals surface area contributed by atoms with Crippen molar-refractivity contribution < 1.29 is 4.79 Å². The summed E-state index contributed by atoms with van der Waals surface area (Å²) in [5, 5.41) is 2.99. The highest BCUT2D eigenvalue weighted by Crippen LogP contribution is 2.31. The lowest BCUT2D eigenvalue weighted by molar-refractivity contribution is -0.119. The molecule has 5 nitrogen and oxygen atoms in total. The molecule has 1 fully saturated rings. The molecule has 3 rings (SSSR count). The van der Waals surface area contributed by atoms with Gasteiger partial charge in [-0.2, -0.15) is 0 Å². The van der Waals surface area contributed by atoms with Gasteiger partial charge in [0.1, 0.15) is 23.0 Å². The summed E-state index contributed by atoms with van der Waals surface area (Å²) >= 11 is 1.58. The summed E-state index contributed by atoms with van der Waals surface area (Å²) in [6.45, 7) is 0.829. The van der Waals surface area contributed by atoms with Crippen molar-refractivity contribution in [1.29, 1.82) is 0 Å². The molecular formula is C11H12N4OS. The highest BCUT2D eigenvalue weighted by atomic mass is 32.1. The van der Waals surface area contributed by atoms with Crippen LogP contribution in [0.5, 0.6) is 0 Å². The maximum Gasteiger partial charge on any atom is 0.240 e. The van der Waals surface area contributed by atoms with E-state index in [9.17, 15) is 4.79 Å². The van der Waals surface area contributed by atoms with Crippen molar-refractivity contribution in [1.82, 2.24) is 9.97 Å². The number of aromatic nitrogens is 2. The van der Waals surface area contributed by atoms with Crippen LogP contribution in [0.1, 0.15) is 12.8 Å². The molecule has 3 heterocycles. The van der Waals surface area contributed by atoms with Crippen LogP contribution < -0.4 is 10.6 Å². The molecular weight excluding hydrogens is 236 g/mol. The molecule has 0 aromatic carbocycles. The van der Waals surface area contributed by atoms with E-state index in [1.165, 1.54) is 0 Å². The lowest BCUT2D eigenvalue weighted by Crippen LogP contribution is -2.40. The van der Waals surface area contributed by atoms with Gasteiger partial charge in [0.05, 0.1) is 5.39 Å². The first kappa shape index (κ1) is 10.5. The van der Waals surface area contributed by atoms with Crippen molar-refractivity contribution in [2.75, 3.05) is 11.4 Å². The molecule has 0 unspecified atom stereocenters. The van der Waals surface area contributed by atoms with E-state index in [1.807, 2.05) is 16.3 Å². The van der Waals surface area contributed by atoms with Gasteiger partial charge in [-0.3, -0.25) is 4.79 Å². The van der Waals surface area contributed by atoms with E-state index in [1.54, 1.807) is 17.7 Å². The Morgan fingerprint density at radius 2 is 2.41 bits per heavy atom. The lowest BCUT2D eigenvalue weighted by Gasteiger charge is -2.23. The van der Waals surface area contributed by atoms with Crippen LogP contribution in [0.3, 0.4) is 0 Å². The molecule has 0 saturated carbocycles. The highest BCUT2D eigenvalue weighted by Gasteiger charge is 2.31. The number of primary amides is 1. The molecule has 2 aromatic heterocycles. The molecule has 2 aromatic rings. The average molecular weight is 248 g/mol. The maximum atomic E-state index is 11.4. The van der Waals surface area contributed by atoms with Gasteiger partial charge in [0.15, 0.2) is 0 Å². The summed E-state index contributed by atoms with van der Waals surface area (Å²) in [4.78, 5) is 22.9. The molecule has 17 heavy (non-hydrogen) atoms. The van der Waals surface area contributed by atoms with Gasteiger partial charge in [0, 0.05) is 6.54 Å². The summed E-state index contributed by atoms with van der Waals surface area (Å²) in [6, 6.07) is 1.76. The number of carbonyl (C=O) groups is 1. The van der Waals surface area contributed by atoms with E-state index in [2.05, 4.69) is 9.97 Å². The second-order valence-corrected chi connectivity index (χ2v) is 4.99. The highest BCUT2D eigenvalue weighted by molar-refractivity contribution is 7.16. The molecule has 1 amide bonds. The van der Waals surface area contributed by atoms with Crippen molar-refractivity contribution >= 4 is 33.3 Å². The Labute approximate surface area is 102 Å². The zero-order chi connectivity index (χ0) is 11.8. The van der Waals surface area contributed by atoms with Gasteiger partial charge in [-0.25, -0.2) is 9.97 Å². The molecule has 0 aliphatic carbocycles. The van der Waals surface area contributed by atoms with Crippen LogP contribution in [0.25, 0.3) is 10.2 Å². The number of nitrogens with zero attached hydrogens (tertiary/aromatic N) is 3. The average Bonchev–Trinajstić information content (AvgIpc) is 2.97. The number of amides is 1. The lowest BCUT2D eigenvalue weighted by atomic mass is 10.2. The number of fused-ring (bicyclic) bond motifs is 1. The van der Waals surface area contributed by atoms with E-state index in [0.717, 1.165) is 35.4 Å². The first-order valence-electron chi connectivity index (χ1n) is 5.51. The summed E-state index contributed by atoms with van der Waals surface area (Å²) in [5.41, 5.74) is 5.42. The van der Waals surface area contributed by atoms with Crippen LogP contribution >= 0.6 is 11.3 Å². The predicted octanol–water partition coefficient (Wildman–Crippen LogP) is 1.15. The van der Waals surface area contributed by atoms with Gasteiger partial charge < -0.3 is 10.6 Å². The summed E-state index contributed by atoms with van der Waals surface area (Å²) in [7, 11) is 0. The Bertz CT molecular complexity index is 567. The number of anilines is 1. The van der Waals surface area contributed by atoms with Crippen LogP contribution in [0.4, 0.5) is 5.82 Å². The van der Waals surface area contributed by atoms with E-state index >= 15 is 0 Å². The molecule has 88 valence electrons. The molecule has 1 saturated heterocycles. The minimum absolute atomic E-state index is 0.229. The quantitative estimate of drug-likeness (QED) is 0.865. The van der Waals surface area contributed by atoms with E-state index in [-0.39, 0.29) is 11.9 Å². The fourth-order valence-electron chi connectivity index (χ4n) is 2.32. The molecule has 0 radical (unpaired) electrons. The van der Waals surface area contributed by atoms with Crippen molar-refractivity contribution in [3.8, 4) is 0 Å². The van der Waals surface area contributed by atoms with Gasteiger partial charge in [0.25, 0.3) is 0 Å². The smallest absolute Gasteiger partial charge is 0.240 e. The molecule has 1 aliphatic rings. The minimum Gasteiger partial charge on any atom is -0.368 e. The predicted molar refractivity (Wildman–Crippen MR) is 67.0 cm³/mol. The number of carbonyl (C=O) groups excluding carboxylic acids is 1. The number of hydrogen-bond acceptors (Lipinski definition) is 5. The van der Waals surface area contributed by atoms with E-state index in [0.29, 0.717) is 0 Å². The molecule has 1 aliphatic heterocycles. The fourth-order valence-corrected chi connectivity index (χ4v) is 3.05. The first-order valence-corrected chi connectivity index (χ1v) is 6.39. The third-order valence-corrected chi connectivity index (χ3v) is 3.91. The van der Waals surface area contributed by atoms with Crippen molar-refractivity contribution in [2.45, 2.75) is 18.9 Å². The fraction of sp³-hybridized carbons (Fsp3) is 0.364. The van der Waals surface area contributed by atoms with Crippen LogP contribution in [-0.2, 0) is 4.79 Å². The SMILES string of the molecule is NC(=O)[C@@H]1CCCN1c1ncnc2sccc12. The number of thiophene rings is 1. The van der Waals surface area contributed by atoms with E-state index < -0.39 is 0 Å². The Balaban J connectivity index is 2.08. The second-order valence-electron chi connectivity index (χ2n) is 4.09. The van der Waals surface area contributed by atoms with Gasteiger partial charge in [-0.05, 0) is 24.3 Å². The van der Waals surface area contributed by atoms with Crippen molar-refractivity contribution in [3.63, 3.8) is 0 Å². The zero-order valence-electron chi connectivity index (χ0n) is 9.17. The summed E-state index contributed by atoms with van der Waals surface area (Å²) in [6.07, 6.45) is 3.33. The normalized spacial score (nSPS) is 20.0. The standard InChI is InChI=1S/C11H12N4OS/c12-9(16)8-2-1-4-15(8)10-7-3-5-17-11(7)14-6-13-10/h3,5-6,8H,1-2,4H2,(H2,12,16)/t8-/m0/s1. The summed E-state index contributed by atoms with van der Waals surface area (Å²) < 4.78 is 0. The third kappa shape index (κ3) is 1.64. The number of nitrogens with two attached hydrogens (primary N) is 1. The molecule has 6 heteroatoms. The molecule has 1 atom stereocenters. The number of hydrogen-bond donors (Lipinski definition) is 1. The third-order valence-electron chi connectivity index (χ3n) is 3.09. The Morgan fingerprint density at radius 3 is 3.24 bits per heavy atom. The summed E-state index contributed by atoms with van der Waals surface area (Å²) in [5.74, 6) is 0.557. The van der Waals surface area contributed by atoms with Crippen molar-refractivity contribution in [2.24, 2.45) is 5.73 Å². The van der Waals surface area contributed by atoms with Gasteiger partial charge in [0.2, 0.25) is 5.91 Å². The Hall–Kier alpha value is -1.69. The van der Waals surface area contributed by atoms with E-state index in [4.69, 9.17) is 5.73 Å². The Morgan fingerprint density at radius 1 is 1.53 bits per heavy atom. The van der Waals surface area contributed by atoms with Crippen LogP contribution in [0, 0.1) is 0 Å². The van der Waals surface area contributed by atoms with Gasteiger partial charge >= 0.3 is 0 Å². The van der Waals surface area contributed by atoms with Crippen molar-refractivity contribution in [3.05, 3.63) is 17.8 Å². The van der Waals surface area contributed by atoms with Gasteiger partial charge in [-0.15, -0.1) is 11.3 Å². The monoisotopic (exact) mass is 248 g/mol. The molecule has 2 N–H and O–H groups in total. The van der Waals surface area contributed by atoms with Crippen LogP contribution in [-0.4, -0.2) is 28.5 Å². The largest absolute Gasteiger partial charge is 0.368 e. The van der Waals surface area contributed by atoms with Crippen LogP contribution in [0.2, 0.25) is 0 Å². The number of rotatable bonds is 2. The zero-order valence-corrected chi connectivity index (χ0v) is 9.98. The minimum atomic E-state index is -0.274.